The summed E-state index contributed by atoms with van der Waals surface area (Å²) in [5.74, 6) is -2.41. The number of methoxy groups -OCH3 is 1. The van der Waals surface area contributed by atoms with Gasteiger partial charge in [0.25, 0.3) is 0 Å². The highest BCUT2D eigenvalue weighted by Crippen LogP contribution is 2.35. The van der Waals surface area contributed by atoms with Crippen LogP contribution in [0.25, 0.3) is 0 Å². The van der Waals surface area contributed by atoms with E-state index in [0.717, 1.165) is 11.1 Å². The molecular weight excluding hydrogens is 586 g/mol. The van der Waals surface area contributed by atoms with Gasteiger partial charge in [-0.25, -0.2) is 4.79 Å². The molecule has 1 atom stereocenters. The molecule has 10 heteroatoms. The zero-order valence-electron chi connectivity index (χ0n) is 25.6. The maximum atomic E-state index is 13.0. The molecule has 0 aliphatic heterocycles. The maximum absolute atomic E-state index is 13.0. The van der Waals surface area contributed by atoms with Gasteiger partial charge in [-0.05, 0) is 42.8 Å². The van der Waals surface area contributed by atoms with Gasteiger partial charge < -0.3 is 18.9 Å². The van der Waals surface area contributed by atoms with Gasteiger partial charge in [-0.15, -0.1) is 0 Å². The third-order valence-corrected chi connectivity index (χ3v) is 6.52. The van der Waals surface area contributed by atoms with Crippen LogP contribution in [0.4, 0.5) is 0 Å². The van der Waals surface area contributed by atoms with Crippen molar-refractivity contribution in [3.05, 3.63) is 87.9 Å². The monoisotopic (exact) mass is 621 g/mol. The molecule has 0 fully saturated rings. The summed E-state index contributed by atoms with van der Waals surface area (Å²) in [4.78, 5) is 55.0. The second-order valence-electron chi connectivity index (χ2n) is 10.8. The number of aliphatic imine (C=N–C) groups is 1. The van der Waals surface area contributed by atoms with Gasteiger partial charge in [-0.1, -0.05) is 69.1 Å². The van der Waals surface area contributed by atoms with Crippen LogP contribution in [0.3, 0.4) is 0 Å². The first-order valence-corrected chi connectivity index (χ1v) is 14.4. The van der Waals surface area contributed by atoms with Gasteiger partial charge in [0.05, 0.1) is 17.4 Å². The van der Waals surface area contributed by atoms with E-state index in [0.29, 0.717) is 11.3 Å². The van der Waals surface area contributed by atoms with Crippen molar-refractivity contribution in [2.75, 3.05) is 13.7 Å². The van der Waals surface area contributed by atoms with E-state index in [1.807, 2.05) is 6.92 Å². The van der Waals surface area contributed by atoms with Crippen LogP contribution >= 0.6 is 11.6 Å². The van der Waals surface area contributed by atoms with Crippen LogP contribution in [0.15, 0.2) is 65.7 Å². The lowest BCUT2D eigenvalue weighted by molar-refractivity contribution is -0.138. The molecule has 0 bridgehead atoms. The number of hydrogen-bond acceptors (Lipinski definition) is 9. The molecule has 44 heavy (non-hydrogen) atoms. The van der Waals surface area contributed by atoms with Crippen molar-refractivity contribution >= 4 is 41.5 Å². The molecule has 232 valence electrons. The van der Waals surface area contributed by atoms with Gasteiger partial charge in [-0.2, -0.15) is 0 Å². The fourth-order valence-electron chi connectivity index (χ4n) is 3.75. The Kier molecular flexibility index (Phi) is 12.4. The van der Waals surface area contributed by atoms with E-state index in [4.69, 9.17) is 30.5 Å². The quantitative estimate of drug-likeness (QED) is 0.125. The van der Waals surface area contributed by atoms with E-state index in [-0.39, 0.29) is 52.8 Å². The third kappa shape index (κ3) is 9.86. The predicted molar refractivity (Wildman–Crippen MR) is 167 cm³/mol. The smallest absolute Gasteiger partial charge is 0.343 e. The second-order valence-corrected chi connectivity index (χ2v) is 11.2. The molecule has 0 aromatic heterocycles. The minimum absolute atomic E-state index is 0.0634. The number of benzene rings is 3. The molecule has 3 rings (SSSR count). The molecule has 0 heterocycles. The SMILES string of the molecule is COCC(=O)C(Cc1ccc(OC(=O)C(C)C)cc1)N=Cc1cc(Cl)cc(OC(=O)c2ccc(C)cc2)c1OC(=O)C(C)C. The number of carbonyl (C=O) groups is 4. The molecule has 9 nitrogen and oxygen atoms in total. The highest BCUT2D eigenvalue weighted by Gasteiger charge is 2.23. The first-order chi connectivity index (χ1) is 20.9. The van der Waals surface area contributed by atoms with Crippen LogP contribution in [0.2, 0.25) is 5.02 Å². The van der Waals surface area contributed by atoms with Crippen molar-refractivity contribution in [1.29, 1.82) is 0 Å². The number of aryl methyl sites for hydroxylation is 1. The van der Waals surface area contributed by atoms with Crippen molar-refractivity contribution in [1.82, 2.24) is 0 Å². The summed E-state index contributed by atoms with van der Waals surface area (Å²) in [5, 5.41) is 0.189. The molecule has 0 spiro atoms. The minimum Gasteiger partial charge on any atom is -0.426 e. The molecule has 0 amide bonds. The molecule has 0 N–H and O–H groups in total. The number of Topliss-reactive ketones (excluding diaryl/α,β-unsaturated/α-hetero) is 1. The highest BCUT2D eigenvalue weighted by molar-refractivity contribution is 6.31. The standard InChI is InChI=1S/C34H36ClNO8/c1-20(2)32(38)42-27-13-9-23(10-14-27)15-28(29(37)19-41-6)36-18-25-16-26(35)17-30(31(25)44-33(39)21(3)4)43-34(40)24-11-7-22(5)8-12-24/h7-14,16-18,20-21,28H,15,19H2,1-6H3. The van der Waals surface area contributed by atoms with Crippen molar-refractivity contribution in [3.63, 3.8) is 0 Å². The van der Waals surface area contributed by atoms with Crippen molar-refractivity contribution in [3.8, 4) is 17.2 Å². The minimum atomic E-state index is -0.884. The van der Waals surface area contributed by atoms with Crippen molar-refractivity contribution in [2.24, 2.45) is 16.8 Å². The van der Waals surface area contributed by atoms with Crippen LogP contribution < -0.4 is 14.2 Å². The Labute approximate surface area is 262 Å². The number of ketones is 1. The number of hydrogen-bond donors (Lipinski definition) is 0. The fourth-order valence-corrected chi connectivity index (χ4v) is 3.96. The topological polar surface area (TPSA) is 118 Å². The van der Waals surface area contributed by atoms with Gasteiger partial charge in [0.1, 0.15) is 18.4 Å². The molecule has 1 unspecified atom stereocenters. The first kappa shape index (κ1) is 34.2. The summed E-state index contributed by atoms with van der Waals surface area (Å²) in [5.41, 5.74) is 2.25. The lowest BCUT2D eigenvalue weighted by Gasteiger charge is -2.16. The van der Waals surface area contributed by atoms with Crippen LogP contribution in [-0.4, -0.2) is 49.7 Å². The van der Waals surface area contributed by atoms with Crippen molar-refractivity contribution < 1.29 is 38.1 Å². The summed E-state index contributed by atoms with van der Waals surface area (Å²) < 4.78 is 21.7. The molecular formula is C34H36ClNO8. The summed E-state index contributed by atoms with van der Waals surface area (Å²) in [6.45, 7) is 8.53. The molecule has 3 aromatic carbocycles. The van der Waals surface area contributed by atoms with Crippen LogP contribution in [0.1, 0.15) is 54.7 Å². The summed E-state index contributed by atoms with van der Waals surface area (Å²) >= 11 is 6.38. The summed E-state index contributed by atoms with van der Waals surface area (Å²) in [6.07, 6.45) is 1.56. The van der Waals surface area contributed by atoms with Crippen LogP contribution in [0.5, 0.6) is 17.2 Å². The third-order valence-electron chi connectivity index (χ3n) is 6.31. The van der Waals surface area contributed by atoms with Gasteiger partial charge in [0.15, 0.2) is 17.3 Å². The van der Waals surface area contributed by atoms with E-state index >= 15 is 0 Å². The summed E-state index contributed by atoms with van der Waals surface area (Å²) in [6, 6.07) is 15.5. The van der Waals surface area contributed by atoms with Gasteiger partial charge in [-0.3, -0.25) is 19.4 Å². The zero-order chi connectivity index (χ0) is 32.4. The van der Waals surface area contributed by atoms with Crippen molar-refractivity contribution in [2.45, 2.75) is 47.1 Å². The Hall–Kier alpha value is -4.34. The molecule has 0 aliphatic carbocycles. The number of carbonyl (C=O) groups excluding carboxylic acids is 4. The van der Waals surface area contributed by atoms with E-state index in [9.17, 15) is 19.2 Å². The van der Waals surface area contributed by atoms with Gasteiger partial charge in [0, 0.05) is 36.4 Å². The average molecular weight is 622 g/mol. The second kappa shape index (κ2) is 15.9. The number of nitrogens with zero attached hydrogens (tertiary/aromatic N) is 1. The largest absolute Gasteiger partial charge is 0.426 e. The zero-order valence-corrected chi connectivity index (χ0v) is 26.3. The highest BCUT2D eigenvalue weighted by atomic mass is 35.5. The first-order valence-electron chi connectivity index (χ1n) is 14.1. The lowest BCUT2D eigenvalue weighted by atomic mass is 10.0. The van der Waals surface area contributed by atoms with Crippen LogP contribution in [-0.2, 0) is 25.5 Å². The lowest BCUT2D eigenvalue weighted by Crippen LogP contribution is -2.25. The number of halogens is 1. The number of ether oxygens (including phenoxy) is 4. The predicted octanol–water partition coefficient (Wildman–Crippen LogP) is 6.24. The number of esters is 3. The van der Waals surface area contributed by atoms with E-state index in [2.05, 4.69) is 4.99 Å². The number of rotatable bonds is 13. The fraction of sp³-hybridized carbons (Fsp3) is 0.324. The Bertz CT molecular complexity index is 1510. The molecule has 0 saturated carbocycles. The normalized spacial score (nSPS) is 11.9. The van der Waals surface area contributed by atoms with E-state index < -0.39 is 23.9 Å². The van der Waals surface area contributed by atoms with E-state index in [1.165, 1.54) is 25.5 Å². The Morgan fingerprint density at radius 1 is 0.841 bits per heavy atom. The summed E-state index contributed by atoms with van der Waals surface area (Å²) in [7, 11) is 1.41. The Balaban J connectivity index is 1.96. The van der Waals surface area contributed by atoms with Crippen LogP contribution in [0, 0.1) is 18.8 Å². The molecule has 3 aromatic rings. The molecule has 0 saturated heterocycles. The molecule has 0 radical (unpaired) electrons. The maximum Gasteiger partial charge on any atom is 0.343 e. The Morgan fingerprint density at radius 2 is 1.45 bits per heavy atom. The Morgan fingerprint density at radius 3 is 2.05 bits per heavy atom. The van der Waals surface area contributed by atoms with Gasteiger partial charge in [0.2, 0.25) is 0 Å². The molecule has 0 aliphatic rings. The van der Waals surface area contributed by atoms with Gasteiger partial charge >= 0.3 is 17.9 Å². The average Bonchev–Trinajstić information content (AvgIpc) is 2.97. The van der Waals surface area contributed by atoms with E-state index in [1.54, 1.807) is 76.2 Å².